The average molecular weight is 268 g/mol. The van der Waals surface area contributed by atoms with Crippen molar-refractivity contribution in [3.05, 3.63) is 59.4 Å². The second kappa shape index (κ2) is 6.33. The fraction of sp³-hybridized carbons (Fsp3) is 0.294. The Balaban J connectivity index is 2.32. The SMILES string of the molecule is COc1ccccc1C(C)N=C(C)c1ncccc1C. The van der Waals surface area contributed by atoms with Gasteiger partial charge >= 0.3 is 0 Å². The first-order valence-electron chi connectivity index (χ1n) is 6.72. The van der Waals surface area contributed by atoms with Crippen molar-refractivity contribution in [3.8, 4) is 5.75 Å². The molecule has 2 rings (SSSR count). The highest BCUT2D eigenvalue weighted by molar-refractivity contribution is 5.98. The van der Waals surface area contributed by atoms with Gasteiger partial charge in [-0.3, -0.25) is 9.98 Å². The minimum atomic E-state index is 0.0348. The van der Waals surface area contributed by atoms with Gasteiger partial charge in [-0.15, -0.1) is 0 Å². The van der Waals surface area contributed by atoms with E-state index in [1.54, 1.807) is 13.3 Å². The number of hydrogen-bond acceptors (Lipinski definition) is 3. The van der Waals surface area contributed by atoms with Crippen molar-refractivity contribution in [1.29, 1.82) is 0 Å². The fourth-order valence-electron chi connectivity index (χ4n) is 2.30. The van der Waals surface area contributed by atoms with E-state index in [0.717, 1.165) is 28.3 Å². The molecule has 0 aliphatic rings. The van der Waals surface area contributed by atoms with Crippen LogP contribution >= 0.6 is 0 Å². The van der Waals surface area contributed by atoms with E-state index in [1.807, 2.05) is 37.3 Å². The van der Waals surface area contributed by atoms with Crippen molar-refractivity contribution in [2.24, 2.45) is 4.99 Å². The van der Waals surface area contributed by atoms with Crippen LogP contribution in [0.25, 0.3) is 0 Å². The summed E-state index contributed by atoms with van der Waals surface area (Å²) >= 11 is 0. The van der Waals surface area contributed by atoms with Crippen molar-refractivity contribution in [2.75, 3.05) is 7.11 Å². The number of pyridine rings is 1. The molecule has 20 heavy (non-hydrogen) atoms. The lowest BCUT2D eigenvalue weighted by Crippen LogP contribution is -2.04. The van der Waals surface area contributed by atoms with E-state index in [1.165, 1.54) is 0 Å². The zero-order valence-corrected chi connectivity index (χ0v) is 12.4. The van der Waals surface area contributed by atoms with Crippen molar-refractivity contribution in [1.82, 2.24) is 4.98 Å². The van der Waals surface area contributed by atoms with Crippen LogP contribution < -0.4 is 4.74 Å². The zero-order valence-electron chi connectivity index (χ0n) is 12.4. The molecule has 0 bridgehead atoms. The molecule has 0 amide bonds. The van der Waals surface area contributed by atoms with Gasteiger partial charge in [-0.25, -0.2) is 0 Å². The molecule has 0 saturated carbocycles. The van der Waals surface area contributed by atoms with Gasteiger partial charge in [0, 0.05) is 11.8 Å². The van der Waals surface area contributed by atoms with Gasteiger partial charge in [-0.2, -0.15) is 0 Å². The highest BCUT2D eigenvalue weighted by atomic mass is 16.5. The molecular weight excluding hydrogens is 248 g/mol. The monoisotopic (exact) mass is 268 g/mol. The van der Waals surface area contributed by atoms with Crippen molar-refractivity contribution < 1.29 is 4.74 Å². The molecule has 0 spiro atoms. The summed E-state index contributed by atoms with van der Waals surface area (Å²) < 4.78 is 5.39. The van der Waals surface area contributed by atoms with E-state index in [4.69, 9.17) is 9.73 Å². The van der Waals surface area contributed by atoms with E-state index in [0.29, 0.717) is 0 Å². The maximum atomic E-state index is 5.39. The Morgan fingerprint density at radius 2 is 1.95 bits per heavy atom. The van der Waals surface area contributed by atoms with E-state index in [2.05, 4.69) is 24.9 Å². The maximum Gasteiger partial charge on any atom is 0.124 e. The van der Waals surface area contributed by atoms with E-state index in [-0.39, 0.29) is 6.04 Å². The lowest BCUT2D eigenvalue weighted by atomic mass is 10.1. The number of para-hydroxylation sites is 1. The van der Waals surface area contributed by atoms with Gasteiger partial charge in [0.2, 0.25) is 0 Å². The molecule has 0 N–H and O–H groups in total. The molecule has 1 unspecified atom stereocenters. The number of hydrogen-bond donors (Lipinski definition) is 0. The van der Waals surface area contributed by atoms with E-state index in [9.17, 15) is 0 Å². The van der Waals surface area contributed by atoms with Crippen LogP contribution in [0.5, 0.6) is 5.75 Å². The van der Waals surface area contributed by atoms with Gasteiger partial charge in [0.1, 0.15) is 5.75 Å². The number of ether oxygens (including phenoxy) is 1. The number of benzene rings is 1. The average Bonchev–Trinajstić information content (AvgIpc) is 2.47. The summed E-state index contributed by atoms with van der Waals surface area (Å²) in [7, 11) is 1.69. The molecule has 0 radical (unpaired) electrons. The van der Waals surface area contributed by atoms with Crippen molar-refractivity contribution in [2.45, 2.75) is 26.8 Å². The van der Waals surface area contributed by atoms with Crippen LogP contribution in [0.15, 0.2) is 47.6 Å². The van der Waals surface area contributed by atoms with Crippen LogP contribution in [-0.2, 0) is 0 Å². The quantitative estimate of drug-likeness (QED) is 0.786. The zero-order chi connectivity index (χ0) is 14.5. The first kappa shape index (κ1) is 14.3. The minimum Gasteiger partial charge on any atom is -0.496 e. The molecule has 104 valence electrons. The van der Waals surface area contributed by atoms with Gasteiger partial charge in [0.15, 0.2) is 0 Å². The first-order chi connectivity index (χ1) is 9.63. The summed E-state index contributed by atoms with van der Waals surface area (Å²) in [6.07, 6.45) is 1.80. The Hall–Kier alpha value is -2.16. The summed E-state index contributed by atoms with van der Waals surface area (Å²) in [6.45, 7) is 6.12. The molecule has 3 nitrogen and oxygen atoms in total. The number of nitrogens with zero attached hydrogens (tertiary/aromatic N) is 2. The summed E-state index contributed by atoms with van der Waals surface area (Å²) in [5, 5.41) is 0. The summed E-state index contributed by atoms with van der Waals surface area (Å²) in [5.74, 6) is 0.870. The molecule has 0 aliphatic carbocycles. The Labute approximate surface area is 120 Å². The molecule has 0 fully saturated rings. The van der Waals surface area contributed by atoms with E-state index < -0.39 is 0 Å². The Morgan fingerprint density at radius 3 is 2.65 bits per heavy atom. The third-order valence-electron chi connectivity index (χ3n) is 3.33. The minimum absolute atomic E-state index is 0.0348. The Bertz CT molecular complexity index is 620. The lowest BCUT2D eigenvalue weighted by molar-refractivity contribution is 0.407. The number of aromatic nitrogens is 1. The summed E-state index contributed by atoms with van der Waals surface area (Å²) in [6, 6.07) is 12.0. The maximum absolute atomic E-state index is 5.39. The van der Waals surface area contributed by atoms with Crippen LogP contribution in [-0.4, -0.2) is 17.8 Å². The van der Waals surface area contributed by atoms with Crippen LogP contribution in [0.1, 0.15) is 36.7 Å². The van der Waals surface area contributed by atoms with Gasteiger partial charge in [0.25, 0.3) is 0 Å². The molecule has 3 heteroatoms. The smallest absolute Gasteiger partial charge is 0.124 e. The summed E-state index contributed by atoms with van der Waals surface area (Å²) in [4.78, 5) is 9.17. The highest BCUT2D eigenvalue weighted by Crippen LogP contribution is 2.27. The third-order valence-corrected chi connectivity index (χ3v) is 3.33. The standard InChI is InChI=1S/C17H20N2O/c1-12-8-7-11-18-17(12)14(3)19-13(2)15-9-5-6-10-16(15)20-4/h5-11,13H,1-4H3. The van der Waals surface area contributed by atoms with Crippen LogP contribution in [0.3, 0.4) is 0 Å². The number of methoxy groups -OCH3 is 1. The van der Waals surface area contributed by atoms with Gasteiger partial charge < -0.3 is 4.74 Å². The van der Waals surface area contributed by atoms with Crippen LogP contribution in [0.4, 0.5) is 0 Å². The van der Waals surface area contributed by atoms with Crippen LogP contribution in [0, 0.1) is 6.92 Å². The molecule has 1 aromatic carbocycles. The number of aliphatic imine (C=N–C) groups is 1. The lowest BCUT2D eigenvalue weighted by Gasteiger charge is -2.13. The van der Waals surface area contributed by atoms with Crippen LogP contribution in [0.2, 0.25) is 0 Å². The molecule has 2 aromatic rings. The topological polar surface area (TPSA) is 34.5 Å². The molecule has 1 heterocycles. The molecule has 0 aliphatic heterocycles. The molecule has 1 aromatic heterocycles. The first-order valence-corrected chi connectivity index (χ1v) is 6.72. The highest BCUT2D eigenvalue weighted by Gasteiger charge is 2.11. The summed E-state index contributed by atoms with van der Waals surface area (Å²) in [5.41, 5.74) is 4.12. The predicted octanol–water partition coefficient (Wildman–Crippen LogP) is 3.97. The fourth-order valence-corrected chi connectivity index (χ4v) is 2.30. The number of aryl methyl sites for hydroxylation is 1. The Kier molecular flexibility index (Phi) is 4.51. The van der Waals surface area contributed by atoms with Crippen molar-refractivity contribution >= 4 is 5.71 Å². The van der Waals surface area contributed by atoms with Crippen molar-refractivity contribution in [3.63, 3.8) is 0 Å². The third kappa shape index (κ3) is 3.05. The Morgan fingerprint density at radius 1 is 1.20 bits per heavy atom. The largest absolute Gasteiger partial charge is 0.496 e. The second-order valence-corrected chi connectivity index (χ2v) is 4.80. The van der Waals surface area contributed by atoms with E-state index >= 15 is 0 Å². The molecule has 0 saturated heterocycles. The predicted molar refractivity (Wildman–Crippen MR) is 82.6 cm³/mol. The number of rotatable bonds is 4. The van der Waals surface area contributed by atoms with Gasteiger partial charge in [0.05, 0.1) is 24.6 Å². The van der Waals surface area contributed by atoms with Gasteiger partial charge in [-0.05, 0) is 38.5 Å². The van der Waals surface area contributed by atoms with Gasteiger partial charge in [-0.1, -0.05) is 24.3 Å². The second-order valence-electron chi connectivity index (χ2n) is 4.80. The normalized spacial score (nSPS) is 13.1. The molecular formula is C17H20N2O. The molecule has 1 atom stereocenters.